The molecule has 1 fully saturated rings. The monoisotopic (exact) mass is 671 g/mol. The topological polar surface area (TPSA) is 98.1 Å². The molecular weight excluding hydrogens is 635 g/mol. The standard InChI is InChI=1S/C34H36F7NO5/c1-4-5-18(10-19-7-8-27(44)26(35)11-19)6-9-28(45)29-23(17(2)3)15-24-30(25(29)16-43)32(47)42(31(24)46)22-13-20(33(36,37)38)12-21(14-22)34(39,40)41/h7-8,10-14,17,24-25,28,30,43-45H,4-6,9,15-16H2,1-3H3/b18-10+/t24-,25+,28-,30-/m1/s1. The Morgan fingerprint density at radius 1 is 0.979 bits per heavy atom. The summed E-state index contributed by atoms with van der Waals surface area (Å²) >= 11 is 0. The number of hydrogen-bond donors (Lipinski definition) is 3. The zero-order valence-corrected chi connectivity index (χ0v) is 25.9. The van der Waals surface area contributed by atoms with Crippen LogP contribution in [0.15, 0.2) is 53.1 Å². The largest absolute Gasteiger partial charge is 0.505 e. The molecule has 256 valence electrons. The lowest BCUT2D eigenvalue weighted by Crippen LogP contribution is -2.40. The first-order valence-corrected chi connectivity index (χ1v) is 15.3. The fourth-order valence-corrected chi connectivity index (χ4v) is 6.68. The lowest BCUT2D eigenvalue weighted by atomic mass is 9.66. The van der Waals surface area contributed by atoms with Crippen molar-refractivity contribution in [2.24, 2.45) is 23.7 Å². The van der Waals surface area contributed by atoms with E-state index in [0.29, 0.717) is 46.6 Å². The van der Waals surface area contributed by atoms with Crippen LogP contribution in [0, 0.1) is 29.5 Å². The van der Waals surface area contributed by atoms with Gasteiger partial charge in [0.2, 0.25) is 11.8 Å². The van der Waals surface area contributed by atoms with Gasteiger partial charge in [0.25, 0.3) is 0 Å². The van der Waals surface area contributed by atoms with Gasteiger partial charge in [0.15, 0.2) is 11.6 Å². The summed E-state index contributed by atoms with van der Waals surface area (Å²) < 4.78 is 95.5. The Kier molecular flexibility index (Phi) is 10.6. The highest BCUT2D eigenvalue weighted by molar-refractivity contribution is 6.22. The molecule has 0 radical (unpaired) electrons. The molecule has 47 heavy (non-hydrogen) atoms. The SMILES string of the molecule is CCC/C(=C\c1ccc(O)c(F)c1)CC[C@@H](O)C1=C(C(C)C)C[C@H]2C(=O)N(c3cc(C(F)(F)F)cc(C(F)(F)F)c3)C(=O)[C@H]2[C@H]1CO. The van der Waals surface area contributed by atoms with E-state index in [4.69, 9.17) is 0 Å². The van der Waals surface area contributed by atoms with E-state index in [2.05, 4.69) is 0 Å². The maximum atomic E-state index is 13.9. The number of phenols is 1. The molecule has 2 amide bonds. The van der Waals surface area contributed by atoms with E-state index >= 15 is 0 Å². The maximum Gasteiger partial charge on any atom is 0.416 e. The van der Waals surface area contributed by atoms with Gasteiger partial charge in [-0.05, 0) is 73.1 Å². The van der Waals surface area contributed by atoms with Crippen LogP contribution in [0.3, 0.4) is 0 Å². The first kappa shape index (κ1) is 36.1. The number of allylic oxidation sites excluding steroid dienone is 2. The van der Waals surface area contributed by atoms with Crippen molar-refractivity contribution in [3.8, 4) is 5.75 Å². The minimum atomic E-state index is -5.20. The second-order valence-corrected chi connectivity index (χ2v) is 12.4. The van der Waals surface area contributed by atoms with Crippen LogP contribution in [0.5, 0.6) is 5.75 Å². The van der Waals surface area contributed by atoms with Gasteiger partial charge in [-0.25, -0.2) is 9.29 Å². The Labute approximate surface area is 267 Å². The van der Waals surface area contributed by atoms with Gasteiger partial charge in [-0.1, -0.05) is 50.5 Å². The Morgan fingerprint density at radius 2 is 1.60 bits per heavy atom. The number of aromatic hydroxyl groups is 1. The van der Waals surface area contributed by atoms with Crippen LogP contribution in [0.2, 0.25) is 0 Å². The van der Waals surface area contributed by atoms with Crippen LogP contribution < -0.4 is 4.90 Å². The predicted octanol–water partition coefficient (Wildman–Crippen LogP) is 7.66. The molecule has 6 nitrogen and oxygen atoms in total. The minimum Gasteiger partial charge on any atom is -0.505 e. The van der Waals surface area contributed by atoms with Gasteiger partial charge in [0.1, 0.15) is 0 Å². The van der Waals surface area contributed by atoms with Crippen molar-refractivity contribution < 1.29 is 55.6 Å². The van der Waals surface area contributed by atoms with Gasteiger partial charge in [-0.2, -0.15) is 26.3 Å². The van der Waals surface area contributed by atoms with Crippen LogP contribution in [0.4, 0.5) is 36.4 Å². The first-order chi connectivity index (χ1) is 21.9. The Morgan fingerprint density at radius 3 is 2.11 bits per heavy atom. The number of amides is 2. The number of imide groups is 1. The minimum absolute atomic E-state index is 0.0815. The third kappa shape index (κ3) is 7.56. The molecule has 0 spiro atoms. The van der Waals surface area contributed by atoms with Crippen molar-refractivity contribution in [3.05, 3.63) is 75.6 Å². The summed E-state index contributed by atoms with van der Waals surface area (Å²) in [6.07, 6.45) is -8.21. The van der Waals surface area contributed by atoms with Gasteiger partial charge in [-0.3, -0.25) is 9.59 Å². The van der Waals surface area contributed by atoms with Crippen LogP contribution in [0.1, 0.15) is 69.6 Å². The van der Waals surface area contributed by atoms with E-state index in [1.165, 1.54) is 18.2 Å². The summed E-state index contributed by atoms with van der Waals surface area (Å²) in [4.78, 5) is 27.7. The molecule has 3 N–H and O–H groups in total. The molecule has 2 aromatic rings. The fraction of sp³-hybridized carbons (Fsp3) is 0.471. The number of fused-ring (bicyclic) bond motifs is 1. The molecule has 2 aromatic carbocycles. The van der Waals surface area contributed by atoms with E-state index < -0.39 is 83.0 Å². The van der Waals surface area contributed by atoms with E-state index in [1.807, 2.05) is 6.92 Å². The first-order valence-electron chi connectivity index (χ1n) is 15.3. The highest BCUT2D eigenvalue weighted by Crippen LogP contribution is 2.50. The molecule has 0 aromatic heterocycles. The Balaban J connectivity index is 1.69. The van der Waals surface area contributed by atoms with Crippen molar-refractivity contribution in [1.82, 2.24) is 0 Å². The van der Waals surface area contributed by atoms with Crippen LogP contribution in [0.25, 0.3) is 6.08 Å². The van der Waals surface area contributed by atoms with E-state index in [-0.39, 0.29) is 24.8 Å². The van der Waals surface area contributed by atoms with Crippen molar-refractivity contribution >= 4 is 23.6 Å². The molecule has 1 aliphatic heterocycles. The third-order valence-electron chi connectivity index (χ3n) is 8.86. The number of benzene rings is 2. The van der Waals surface area contributed by atoms with Gasteiger partial charge in [-0.15, -0.1) is 0 Å². The number of carbonyl (C=O) groups is 2. The second kappa shape index (κ2) is 13.8. The smallest absolute Gasteiger partial charge is 0.416 e. The summed E-state index contributed by atoms with van der Waals surface area (Å²) in [6.45, 7) is 4.78. The fourth-order valence-electron chi connectivity index (χ4n) is 6.68. The average molecular weight is 672 g/mol. The zero-order chi connectivity index (χ0) is 35.0. The average Bonchev–Trinajstić information content (AvgIpc) is 3.24. The molecule has 1 aliphatic carbocycles. The normalized spacial score (nSPS) is 21.6. The van der Waals surface area contributed by atoms with Crippen molar-refractivity contribution in [1.29, 1.82) is 0 Å². The number of carbonyl (C=O) groups excluding carboxylic acids is 2. The number of aliphatic hydroxyl groups excluding tert-OH is 2. The quantitative estimate of drug-likeness (QED) is 0.137. The van der Waals surface area contributed by atoms with Gasteiger partial charge >= 0.3 is 12.4 Å². The summed E-state index contributed by atoms with van der Waals surface area (Å²) in [5.74, 6) is -7.24. The van der Waals surface area contributed by atoms with Crippen molar-refractivity contribution in [3.63, 3.8) is 0 Å². The summed E-state index contributed by atoms with van der Waals surface area (Å²) in [7, 11) is 0. The highest BCUT2D eigenvalue weighted by Gasteiger charge is 2.56. The molecule has 0 unspecified atom stereocenters. The van der Waals surface area contributed by atoms with E-state index in [1.54, 1.807) is 19.9 Å². The Bertz CT molecular complexity index is 1550. The third-order valence-corrected chi connectivity index (χ3v) is 8.86. The van der Waals surface area contributed by atoms with Crippen LogP contribution >= 0.6 is 0 Å². The number of halogens is 7. The van der Waals surface area contributed by atoms with Gasteiger partial charge in [0, 0.05) is 5.92 Å². The Hall–Kier alpha value is -3.71. The molecule has 4 rings (SSSR count). The lowest BCUT2D eigenvalue weighted by molar-refractivity contribution is -0.143. The number of aliphatic hydroxyl groups is 2. The van der Waals surface area contributed by atoms with E-state index in [0.717, 1.165) is 12.0 Å². The number of rotatable bonds is 10. The van der Waals surface area contributed by atoms with E-state index in [9.17, 15) is 55.6 Å². The van der Waals surface area contributed by atoms with Crippen LogP contribution in [-0.4, -0.2) is 39.8 Å². The molecule has 1 heterocycles. The predicted molar refractivity (Wildman–Crippen MR) is 159 cm³/mol. The van der Waals surface area contributed by atoms with Crippen molar-refractivity contribution in [2.45, 2.75) is 71.3 Å². The number of anilines is 1. The molecule has 2 aliphatic rings. The number of hydrogen-bond acceptors (Lipinski definition) is 5. The van der Waals surface area contributed by atoms with Gasteiger partial charge in [0.05, 0.1) is 41.4 Å². The summed E-state index contributed by atoms with van der Waals surface area (Å²) in [5.41, 5.74) is -2.00. The molecule has 0 bridgehead atoms. The number of alkyl halides is 6. The molecule has 1 saturated heterocycles. The zero-order valence-electron chi connectivity index (χ0n) is 25.9. The summed E-state index contributed by atoms with van der Waals surface area (Å²) in [5, 5.41) is 31.5. The highest BCUT2D eigenvalue weighted by atomic mass is 19.4. The summed E-state index contributed by atoms with van der Waals surface area (Å²) in [6, 6.07) is 4.47. The lowest BCUT2D eigenvalue weighted by Gasteiger charge is -2.38. The van der Waals surface area contributed by atoms with Crippen LogP contribution in [-0.2, 0) is 21.9 Å². The molecule has 4 atom stereocenters. The molecule has 0 saturated carbocycles. The van der Waals surface area contributed by atoms with Crippen molar-refractivity contribution in [2.75, 3.05) is 11.5 Å². The number of phenolic OH excluding ortho intramolecular Hbond substituents is 1. The second-order valence-electron chi connectivity index (χ2n) is 12.4. The molecular formula is C34H36F7NO5. The maximum absolute atomic E-state index is 13.9. The number of nitrogens with zero attached hydrogens (tertiary/aromatic N) is 1. The van der Waals surface area contributed by atoms with Gasteiger partial charge < -0.3 is 15.3 Å². The molecule has 13 heteroatoms.